The summed E-state index contributed by atoms with van der Waals surface area (Å²) in [5, 5.41) is 2.58. The van der Waals surface area contributed by atoms with Gasteiger partial charge in [-0.05, 0) is 38.0 Å². The normalized spacial score (nSPS) is 12.1. The quantitative estimate of drug-likeness (QED) is 0.696. The lowest BCUT2D eigenvalue weighted by atomic mass is 10.1. The second-order valence-electron chi connectivity index (χ2n) is 6.45. The molecule has 1 rings (SSSR count). The van der Waals surface area contributed by atoms with Crippen LogP contribution in [0.15, 0.2) is 23.1 Å². The van der Waals surface area contributed by atoms with Gasteiger partial charge in [0.2, 0.25) is 10.0 Å². The highest BCUT2D eigenvalue weighted by Crippen LogP contribution is 2.26. The van der Waals surface area contributed by atoms with Gasteiger partial charge in [0.05, 0.1) is 15.6 Å². The second-order valence-corrected chi connectivity index (χ2v) is 8.62. The molecule has 1 amide bonds. The molecule has 2 N–H and O–H groups in total. The smallest absolute Gasteiger partial charge is 0.303 e. The minimum atomic E-state index is -3.68. The van der Waals surface area contributed by atoms with Gasteiger partial charge >= 0.3 is 5.97 Å². The summed E-state index contributed by atoms with van der Waals surface area (Å²) in [6, 6.07) is 3.97. The summed E-state index contributed by atoms with van der Waals surface area (Å²) in [5.74, 6) is -1.02. The van der Waals surface area contributed by atoms with E-state index in [0.717, 1.165) is 0 Å². The molecular formula is C16H23ClN2O5S. The number of esters is 1. The molecule has 140 valence electrons. The number of nitrogens with one attached hydrogen (secondary N) is 2. The van der Waals surface area contributed by atoms with Gasteiger partial charge in [0.1, 0.15) is 0 Å². The first kappa shape index (κ1) is 21.4. The molecule has 0 radical (unpaired) electrons. The minimum absolute atomic E-state index is 0.00426. The molecule has 0 aliphatic heterocycles. The van der Waals surface area contributed by atoms with E-state index in [2.05, 4.69) is 10.0 Å². The van der Waals surface area contributed by atoms with Gasteiger partial charge in [0.15, 0.2) is 5.60 Å². The third-order valence-corrected chi connectivity index (χ3v) is 4.86. The molecule has 7 nitrogen and oxygen atoms in total. The Morgan fingerprint density at radius 1 is 1.28 bits per heavy atom. The lowest BCUT2D eigenvalue weighted by Gasteiger charge is -2.23. The van der Waals surface area contributed by atoms with Crippen LogP contribution in [0.25, 0.3) is 0 Å². The van der Waals surface area contributed by atoms with E-state index in [-0.39, 0.29) is 21.5 Å². The van der Waals surface area contributed by atoms with Crippen LogP contribution in [0, 0.1) is 5.92 Å². The van der Waals surface area contributed by atoms with Crippen molar-refractivity contribution in [3.63, 3.8) is 0 Å². The fourth-order valence-corrected chi connectivity index (χ4v) is 3.33. The second kappa shape index (κ2) is 8.16. The topological polar surface area (TPSA) is 102 Å². The predicted molar refractivity (Wildman–Crippen MR) is 96.0 cm³/mol. The molecule has 0 fully saturated rings. The van der Waals surface area contributed by atoms with Gasteiger partial charge in [-0.2, -0.15) is 0 Å². The predicted octanol–water partition coefficient (Wildman–Crippen LogP) is 2.55. The van der Waals surface area contributed by atoms with Gasteiger partial charge in [-0.3, -0.25) is 9.59 Å². The van der Waals surface area contributed by atoms with Crippen LogP contribution in [0.5, 0.6) is 0 Å². The Bertz CT molecular complexity index is 760. The minimum Gasteiger partial charge on any atom is -0.450 e. The van der Waals surface area contributed by atoms with Crippen LogP contribution in [0.3, 0.4) is 0 Å². The number of rotatable bonds is 7. The van der Waals surface area contributed by atoms with Crippen LogP contribution in [0.1, 0.15) is 34.6 Å². The van der Waals surface area contributed by atoms with Crippen LogP contribution in [-0.2, 0) is 24.3 Å². The molecule has 0 spiro atoms. The third kappa shape index (κ3) is 6.30. The van der Waals surface area contributed by atoms with E-state index in [1.807, 2.05) is 13.8 Å². The van der Waals surface area contributed by atoms with E-state index in [0.29, 0.717) is 6.54 Å². The van der Waals surface area contributed by atoms with Gasteiger partial charge in [0, 0.05) is 13.5 Å². The van der Waals surface area contributed by atoms with E-state index in [1.165, 1.54) is 39.0 Å². The number of halogens is 1. The fourth-order valence-electron chi connectivity index (χ4n) is 1.80. The molecule has 0 aliphatic carbocycles. The summed E-state index contributed by atoms with van der Waals surface area (Å²) in [5.41, 5.74) is -1.17. The van der Waals surface area contributed by atoms with E-state index >= 15 is 0 Å². The molecule has 0 atom stereocenters. The summed E-state index contributed by atoms with van der Waals surface area (Å²) in [7, 11) is -3.68. The SMILES string of the molecule is CC(=O)OC(C)(C)C(=O)Nc1ccc(S(=O)(=O)NCC(C)C)cc1Cl. The highest BCUT2D eigenvalue weighted by molar-refractivity contribution is 7.89. The number of amides is 1. The molecule has 0 bridgehead atoms. The summed E-state index contributed by atoms with van der Waals surface area (Å²) in [4.78, 5) is 23.2. The van der Waals surface area contributed by atoms with Crippen molar-refractivity contribution < 1.29 is 22.7 Å². The zero-order chi connectivity index (χ0) is 19.4. The van der Waals surface area contributed by atoms with Crippen molar-refractivity contribution in [3.8, 4) is 0 Å². The van der Waals surface area contributed by atoms with Gasteiger partial charge in [0.25, 0.3) is 5.91 Å². The number of sulfonamides is 1. The average Bonchev–Trinajstić information content (AvgIpc) is 2.45. The molecule has 1 aromatic rings. The zero-order valence-electron chi connectivity index (χ0n) is 14.8. The van der Waals surface area contributed by atoms with Crippen molar-refractivity contribution in [1.29, 1.82) is 0 Å². The van der Waals surface area contributed by atoms with Crippen LogP contribution >= 0.6 is 11.6 Å². The third-order valence-electron chi connectivity index (χ3n) is 3.13. The maximum atomic E-state index is 12.2. The maximum Gasteiger partial charge on any atom is 0.303 e. The Morgan fingerprint density at radius 3 is 2.36 bits per heavy atom. The monoisotopic (exact) mass is 390 g/mol. The maximum absolute atomic E-state index is 12.2. The van der Waals surface area contributed by atoms with E-state index in [9.17, 15) is 18.0 Å². The van der Waals surface area contributed by atoms with E-state index in [1.54, 1.807) is 0 Å². The van der Waals surface area contributed by atoms with E-state index in [4.69, 9.17) is 16.3 Å². The number of hydrogen-bond acceptors (Lipinski definition) is 5. The number of benzene rings is 1. The number of carbonyl (C=O) groups excluding carboxylic acids is 2. The molecule has 0 aliphatic rings. The van der Waals surface area contributed by atoms with Crippen LogP contribution in [0.2, 0.25) is 5.02 Å². The van der Waals surface area contributed by atoms with Crippen molar-refractivity contribution in [2.75, 3.05) is 11.9 Å². The molecule has 0 saturated heterocycles. The first-order valence-corrected chi connectivity index (χ1v) is 9.51. The highest BCUT2D eigenvalue weighted by Gasteiger charge is 2.31. The lowest BCUT2D eigenvalue weighted by Crippen LogP contribution is -2.41. The molecule has 0 saturated carbocycles. The Balaban J connectivity index is 2.96. The number of anilines is 1. The van der Waals surface area contributed by atoms with Crippen molar-refractivity contribution in [2.24, 2.45) is 5.92 Å². The van der Waals surface area contributed by atoms with Gasteiger partial charge in [-0.1, -0.05) is 25.4 Å². The molecule has 0 unspecified atom stereocenters. The van der Waals surface area contributed by atoms with Crippen molar-refractivity contribution >= 4 is 39.2 Å². The number of carbonyl (C=O) groups is 2. The van der Waals surface area contributed by atoms with Gasteiger partial charge < -0.3 is 10.1 Å². The highest BCUT2D eigenvalue weighted by atomic mass is 35.5. The molecule has 1 aromatic carbocycles. The van der Waals surface area contributed by atoms with Crippen molar-refractivity contribution in [1.82, 2.24) is 4.72 Å². The Labute approximate surface area is 153 Å². The van der Waals surface area contributed by atoms with Crippen LogP contribution < -0.4 is 10.0 Å². The molecule has 0 aromatic heterocycles. The number of ether oxygens (including phenoxy) is 1. The largest absolute Gasteiger partial charge is 0.450 e. The first-order chi connectivity index (χ1) is 11.3. The standard InChI is InChI=1S/C16H23ClN2O5S/c1-10(2)9-18-25(22,23)12-6-7-14(13(17)8-12)19-15(21)16(4,5)24-11(3)20/h6-8,10,18H,9H2,1-5H3,(H,19,21). The Hall–Kier alpha value is -1.64. The van der Waals surface area contributed by atoms with Crippen molar-refractivity contribution in [2.45, 2.75) is 45.1 Å². The van der Waals surface area contributed by atoms with Gasteiger partial charge in [-0.25, -0.2) is 13.1 Å². The number of hydrogen-bond donors (Lipinski definition) is 2. The Morgan fingerprint density at radius 2 is 1.88 bits per heavy atom. The first-order valence-electron chi connectivity index (χ1n) is 7.65. The van der Waals surface area contributed by atoms with Crippen LogP contribution in [-0.4, -0.2) is 32.4 Å². The summed E-state index contributed by atoms with van der Waals surface area (Å²) >= 11 is 6.08. The lowest BCUT2D eigenvalue weighted by molar-refractivity contribution is -0.160. The van der Waals surface area contributed by atoms with Crippen LogP contribution in [0.4, 0.5) is 5.69 Å². The Kier molecular flexibility index (Phi) is 6.99. The summed E-state index contributed by atoms with van der Waals surface area (Å²) in [6.45, 7) is 8.15. The average molecular weight is 391 g/mol. The molecule has 9 heteroatoms. The van der Waals surface area contributed by atoms with Crippen molar-refractivity contribution in [3.05, 3.63) is 23.2 Å². The summed E-state index contributed by atoms with van der Waals surface area (Å²) < 4.78 is 31.8. The summed E-state index contributed by atoms with van der Waals surface area (Å²) in [6.07, 6.45) is 0. The molecule has 25 heavy (non-hydrogen) atoms. The molecular weight excluding hydrogens is 368 g/mol. The fraction of sp³-hybridized carbons (Fsp3) is 0.500. The zero-order valence-corrected chi connectivity index (χ0v) is 16.4. The van der Waals surface area contributed by atoms with E-state index < -0.39 is 27.5 Å². The molecule has 0 heterocycles. The van der Waals surface area contributed by atoms with Gasteiger partial charge in [-0.15, -0.1) is 0 Å².